The summed E-state index contributed by atoms with van der Waals surface area (Å²) in [5, 5.41) is 0.0405. The SMILES string of the molecule is CCCCCc1ccc(C2C=C(C)CCC2)cc1S(=O)(=O)c1cnc(Cl)nc1. The van der Waals surface area contributed by atoms with Crippen molar-refractivity contribution in [3.63, 3.8) is 0 Å². The van der Waals surface area contributed by atoms with Gasteiger partial charge in [-0.15, -0.1) is 0 Å². The van der Waals surface area contributed by atoms with E-state index in [1.54, 1.807) is 0 Å². The Labute approximate surface area is 173 Å². The van der Waals surface area contributed by atoms with E-state index >= 15 is 0 Å². The molecule has 6 heteroatoms. The maximum Gasteiger partial charge on any atom is 0.222 e. The summed E-state index contributed by atoms with van der Waals surface area (Å²) in [7, 11) is -3.70. The molecule has 0 spiro atoms. The molecule has 0 aliphatic heterocycles. The molecule has 1 atom stereocenters. The standard InChI is InChI=1S/C22H27ClN2O2S/c1-3-4-5-8-17-10-11-19(18-9-6-7-16(2)12-18)13-21(17)28(26,27)20-14-24-22(23)25-15-20/h10-15,18H,3-9H2,1-2H3. The van der Waals surface area contributed by atoms with Gasteiger partial charge in [-0.1, -0.05) is 43.5 Å². The molecule has 0 amide bonds. The number of hydrogen-bond donors (Lipinski definition) is 0. The average molecular weight is 419 g/mol. The Morgan fingerprint density at radius 1 is 1.18 bits per heavy atom. The van der Waals surface area contributed by atoms with E-state index in [4.69, 9.17) is 11.6 Å². The minimum absolute atomic E-state index is 0.0405. The monoisotopic (exact) mass is 418 g/mol. The summed E-state index contributed by atoms with van der Waals surface area (Å²) in [5.41, 5.74) is 3.30. The molecule has 1 aliphatic carbocycles. The minimum atomic E-state index is -3.70. The van der Waals surface area contributed by atoms with E-state index in [0.717, 1.165) is 56.1 Å². The Balaban J connectivity index is 2.05. The smallest absolute Gasteiger partial charge is 0.222 e. The predicted octanol–water partition coefficient (Wildman–Crippen LogP) is 5.91. The van der Waals surface area contributed by atoms with Crippen LogP contribution in [0.25, 0.3) is 0 Å². The molecule has 1 aliphatic rings. The van der Waals surface area contributed by atoms with Crippen molar-refractivity contribution >= 4 is 21.4 Å². The van der Waals surface area contributed by atoms with E-state index in [2.05, 4.69) is 36.0 Å². The van der Waals surface area contributed by atoms with Crippen LogP contribution in [0, 0.1) is 0 Å². The van der Waals surface area contributed by atoms with Crippen LogP contribution in [0.4, 0.5) is 0 Å². The van der Waals surface area contributed by atoms with Crippen LogP contribution in [0.2, 0.25) is 5.28 Å². The van der Waals surface area contributed by atoms with Gasteiger partial charge in [-0.25, -0.2) is 18.4 Å². The maximum absolute atomic E-state index is 13.4. The van der Waals surface area contributed by atoms with Crippen LogP contribution in [0.15, 0.2) is 52.0 Å². The van der Waals surface area contributed by atoms with Gasteiger partial charge in [0.05, 0.1) is 17.3 Å². The van der Waals surface area contributed by atoms with Crippen LogP contribution in [0.3, 0.4) is 0 Å². The van der Waals surface area contributed by atoms with Gasteiger partial charge in [0, 0.05) is 5.92 Å². The molecule has 150 valence electrons. The van der Waals surface area contributed by atoms with Gasteiger partial charge in [0.15, 0.2) is 0 Å². The number of benzene rings is 1. The summed E-state index contributed by atoms with van der Waals surface area (Å²) in [5.74, 6) is 0.272. The molecule has 28 heavy (non-hydrogen) atoms. The third-order valence-corrected chi connectivity index (χ3v) is 7.32. The van der Waals surface area contributed by atoms with Crippen molar-refractivity contribution in [2.75, 3.05) is 0 Å². The molecule has 0 bridgehead atoms. The molecular weight excluding hydrogens is 392 g/mol. The first kappa shape index (κ1) is 21.0. The molecule has 0 saturated carbocycles. The normalized spacial score (nSPS) is 17.4. The number of sulfone groups is 1. The summed E-state index contributed by atoms with van der Waals surface area (Å²) in [6, 6.07) is 5.95. The summed E-state index contributed by atoms with van der Waals surface area (Å²) >= 11 is 5.74. The number of halogens is 1. The fraction of sp³-hybridized carbons (Fsp3) is 0.455. The van der Waals surface area contributed by atoms with Crippen LogP contribution < -0.4 is 0 Å². The molecule has 0 radical (unpaired) electrons. The predicted molar refractivity (Wildman–Crippen MR) is 113 cm³/mol. The Bertz CT molecular complexity index is 953. The second-order valence-corrected chi connectivity index (χ2v) is 9.78. The van der Waals surface area contributed by atoms with Crippen LogP contribution >= 0.6 is 11.6 Å². The average Bonchev–Trinajstić information content (AvgIpc) is 2.68. The fourth-order valence-electron chi connectivity index (χ4n) is 3.76. The van der Waals surface area contributed by atoms with Crippen LogP contribution in [-0.4, -0.2) is 18.4 Å². The van der Waals surface area contributed by atoms with E-state index in [0.29, 0.717) is 4.90 Å². The van der Waals surface area contributed by atoms with Crippen molar-refractivity contribution in [3.05, 3.63) is 58.7 Å². The minimum Gasteiger partial charge on any atom is -0.225 e. The van der Waals surface area contributed by atoms with E-state index in [1.807, 2.05) is 12.1 Å². The molecule has 1 aromatic heterocycles. The van der Waals surface area contributed by atoms with Gasteiger partial charge >= 0.3 is 0 Å². The van der Waals surface area contributed by atoms with Crippen LogP contribution in [0.5, 0.6) is 0 Å². The topological polar surface area (TPSA) is 59.9 Å². The molecule has 3 rings (SSSR count). The van der Waals surface area contributed by atoms with Gasteiger partial charge in [0.2, 0.25) is 15.1 Å². The molecule has 1 heterocycles. The van der Waals surface area contributed by atoms with Gasteiger partial charge in [0.25, 0.3) is 0 Å². The molecule has 4 nitrogen and oxygen atoms in total. The van der Waals surface area contributed by atoms with E-state index in [9.17, 15) is 8.42 Å². The molecule has 1 aromatic carbocycles. The highest BCUT2D eigenvalue weighted by atomic mass is 35.5. The zero-order chi connectivity index (χ0) is 20.1. The lowest BCUT2D eigenvalue weighted by Crippen LogP contribution is -2.10. The van der Waals surface area contributed by atoms with Crippen LogP contribution in [-0.2, 0) is 16.3 Å². The molecule has 0 fully saturated rings. The number of nitrogens with zero attached hydrogens (tertiary/aromatic N) is 2. The third-order valence-electron chi connectivity index (χ3n) is 5.34. The molecule has 0 saturated heterocycles. The van der Waals surface area contributed by atoms with Crippen molar-refractivity contribution in [1.82, 2.24) is 9.97 Å². The summed E-state index contributed by atoms with van der Waals surface area (Å²) in [6.07, 6.45) is 12.1. The number of aromatic nitrogens is 2. The van der Waals surface area contributed by atoms with E-state index in [1.165, 1.54) is 18.0 Å². The van der Waals surface area contributed by atoms with Crippen molar-refractivity contribution in [2.24, 2.45) is 0 Å². The lowest BCUT2D eigenvalue weighted by atomic mass is 9.85. The number of allylic oxidation sites excluding steroid dienone is 2. The van der Waals surface area contributed by atoms with Crippen molar-refractivity contribution in [2.45, 2.75) is 74.5 Å². The van der Waals surface area contributed by atoms with Crippen LogP contribution in [0.1, 0.15) is 69.4 Å². The zero-order valence-corrected chi connectivity index (χ0v) is 18.1. The summed E-state index contributed by atoms with van der Waals surface area (Å²) in [4.78, 5) is 8.19. The highest BCUT2D eigenvalue weighted by molar-refractivity contribution is 7.91. The van der Waals surface area contributed by atoms with Crippen molar-refractivity contribution in [1.29, 1.82) is 0 Å². The first-order valence-electron chi connectivity index (χ1n) is 9.94. The summed E-state index contributed by atoms with van der Waals surface area (Å²) in [6.45, 7) is 4.29. The largest absolute Gasteiger partial charge is 0.225 e. The zero-order valence-electron chi connectivity index (χ0n) is 16.5. The Morgan fingerprint density at radius 2 is 1.93 bits per heavy atom. The molecule has 0 N–H and O–H groups in total. The molecular formula is C22H27ClN2O2S. The number of rotatable bonds is 7. The first-order chi connectivity index (χ1) is 13.4. The molecule has 2 aromatic rings. The maximum atomic E-state index is 13.4. The number of unbranched alkanes of at least 4 members (excludes halogenated alkanes) is 2. The Morgan fingerprint density at radius 3 is 2.61 bits per heavy atom. The molecule has 1 unspecified atom stereocenters. The first-order valence-corrected chi connectivity index (χ1v) is 11.8. The number of aryl methyl sites for hydroxylation is 1. The summed E-state index contributed by atoms with van der Waals surface area (Å²) < 4.78 is 26.7. The van der Waals surface area contributed by atoms with Crippen molar-refractivity contribution in [3.8, 4) is 0 Å². The lowest BCUT2D eigenvalue weighted by Gasteiger charge is -2.21. The Hall–Kier alpha value is -1.72. The highest BCUT2D eigenvalue weighted by Gasteiger charge is 2.24. The lowest BCUT2D eigenvalue weighted by molar-refractivity contribution is 0.592. The second kappa shape index (κ2) is 9.19. The van der Waals surface area contributed by atoms with Gasteiger partial charge < -0.3 is 0 Å². The van der Waals surface area contributed by atoms with Gasteiger partial charge in [-0.05, 0) is 67.8 Å². The second-order valence-electron chi connectivity index (χ2n) is 7.53. The quantitative estimate of drug-likeness (QED) is 0.318. The van der Waals surface area contributed by atoms with Gasteiger partial charge in [0.1, 0.15) is 4.90 Å². The number of hydrogen-bond acceptors (Lipinski definition) is 4. The van der Waals surface area contributed by atoms with Crippen molar-refractivity contribution < 1.29 is 8.42 Å². The van der Waals surface area contributed by atoms with Gasteiger partial charge in [-0.3, -0.25) is 0 Å². The third kappa shape index (κ3) is 4.81. The highest BCUT2D eigenvalue weighted by Crippen LogP contribution is 2.34. The van der Waals surface area contributed by atoms with E-state index < -0.39 is 9.84 Å². The van der Waals surface area contributed by atoms with Gasteiger partial charge in [-0.2, -0.15) is 0 Å². The fourth-order valence-corrected chi connectivity index (χ4v) is 5.30. The Kier molecular flexibility index (Phi) is 6.89. The van der Waals surface area contributed by atoms with E-state index in [-0.39, 0.29) is 16.1 Å².